The molecule has 2 aromatic heterocycles. The number of hydrogen-bond acceptors (Lipinski definition) is 4. The number of carbonyl (C=O) groups excluding carboxylic acids is 1. The lowest BCUT2D eigenvalue weighted by Crippen LogP contribution is -2.37. The number of carbonyl (C=O) groups is 1. The maximum atomic E-state index is 13.6. The number of nitrogens with zero attached hydrogens (tertiary/aromatic N) is 3. The SMILES string of the molecule is C=CCN(CC=C)C(=O)c1c2n(c(C)cc1=O)-c1ccccc1SC(c1cccnc1)C2. The molecule has 0 N–H and O–H groups in total. The highest BCUT2D eigenvalue weighted by atomic mass is 32.2. The molecule has 1 aliphatic rings. The molecule has 0 bridgehead atoms. The van der Waals surface area contributed by atoms with E-state index < -0.39 is 0 Å². The standard InChI is InChI=1S/C26H25N3O2S/c1-4-13-28(14-5-2)26(31)25-21-16-24(19-9-8-12-27-17-19)32-23-11-7-6-10-20(23)29(21)18(3)15-22(25)30/h4-12,15,17,24H,1-2,13-14,16H2,3H3. The van der Waals surface area contributed by atoms with Crippen molar-refractivity contribution < 1.29 is 4.79 Å². The van der Waals surface area contributed by atoms with E-state index in [-0.39, 0.29) is 22.1 Å². The van der Waals surface area contributed by atoms with Gasteiger partial charge >= 0.3 is 0 Å². The Morgan fingerprint density at radius 1 is 1.22 bits per heavy atom. The van der Waals surface area contributed by atoms with Gasteiger partial charge < -0.3 is 9.47 Å². The van der Waals surface area contributed by atoms with Crippen molar-refractivity contribution in [1.29, 1.82) is 0 Å². The maximum absolute atomic E-state index is 13.6. The van der Waals surface area contributed by atoms with Crippen LogP contribution in [0.2, 0.25) is 0 Å². The molecule has 3 heterocycles. The van der Waals surface area contributed by atoms with Crippen LogP contribution in [0, 0.1) is 6.92 Å². The molecule has 0 radical (unpaired) electrons. The van der Waals surface area contributed by atoms with Crippen LogP contribution < -0.4 is 5.43 Å². The molecule has 1 amide bonds. The van der Waals surface area contributed by atoms with Gasteiger partial charge in [0.25, 0.3) is 5.91 Å². The fraction of sp³-hybridized carbons (Fsp3) is 0.192. The van der Waals surface area contributed by atoms with Crippen LogP contribution in [0.25, 0.3) is 5.69 Å². The van der Waals surface area contributed by atoms with Gasteiger partial charge in [0.15, 0.2) is 5.43 Å². The van der Waals surface area contributed by atoms with E-state index >= 15 is 0 Å². The summed E-state index contributed by atoms with van der Waals surface area (Å²) < 4.78 is 2.06. The molecule has 0 aliphatic carbocycles. The number of benzene rings is 1. The molecule has 0 saturated heterocycles. The van der Waals surface area contributed by atoms with Gasteiger partial charge in [-0.3, -0.25) is 14.6 Å². The Balaban J connectivity index is 1.97. The molecular weight excluding hydrogens is 418 g/mol. The van der Waals surface area contributed by atoms with Crippen molar-refractivity contribution in [3.63, 3.8) is 0 Å². The zero-order chi connectivity index (χ0) is 22.7. The second kappa shape index (κ2) is 9.40. The van der Waals surface area contributed by atoms with Gasteiger partial charge in [-0.1, -0.05) is 30.4 Å². The fourth-order valence-corrected chi connectivity index (χ4v) is 5.39. The van der Waals surface area contributed by atoms with E-state index in [1.165, 1.54) is 0 Å². The van der Waals surface area contributed by atoms with Crippen molar-refractivity contribution in [2.75, 3.05) is 13.1 Å². The highest BCUT2D eigenvalue weighted by Crippen LogP contribution is 2.44. The van der Waals surface area contributed by atoms with Crippen molar-refractivity contribution in [3.05, 3.63) is 113 Å². The summed E-state index contributed by atoms with van der Waals surface area (Å²) in [5, 5.41) is 0.0126. The molecule has 162 valence electrons. The third-order valence-corrected chi connectivity index (χ3v) is 6.83. The van der Waals surface area contributed by atoms with Crippen LogP contribution in [0.1, 0.15) is 32.6 Å². The highest BCUT2D eigenvalue weighted by Gasteiger charge is 2.30. The van der Waals surface area contributed by atoms with Gasteiger partial charge in [-0.15, -0.1) is 24.9 Å². The van der Waals surface area contributed by atoms with Gasteiger partial charge in [0.05, 0.1) is 5.69 Å². The lowest BCUT2D eigenvalue weighted by Gasteiger charge is -2.24. The van der Waals surface area contributed by atoms with Crippen LogP contribution in [-0.2, 0) is 6.42 Å². The first-order chi connectivity index (χ1) is 15.5. The van der Waals surface area contributed by atoms with Gasteiger partial charge in [0.2, 0.25) is 0 Å². The normalized spacial score (nSPS) is 14.6. The summed E-state index contributed by atoms with van der Waals surface area (Å²) in [7, 11) is 0. The molecule has 1 atom stereocenters. The molecule has 0 spiro atoms. The van der Waals surface area contributed by atoms with E-state index in [1.54, 1.807) is 41.1 Å². The molecule has 5 nitrogen and oxygen atoms in total. The van der Waals surface area contributed by atoms with Crippen LogP contribution in [0.5, 0.6) is 0 Å². The number of amides is 1. The molecule has 6 heteroatoms. The molecule has 0 saturated carbocycles. The summed E-state index contributed by atoms with van der Waals surface area (Å²) in [5.41, 5.74) is 3.52. The first kappa shape index (κ1) is 21.8. The molecule has 4 rings (SSSR count). The minimum atomic E-state index is -0.298. The Bertz CT molecular complexity index is 1220. The minimum Gasteiger partial charge on any atom is -0.331 e. The molecule has 1 aromatic carbocycles. The summed E-state index contributed by atoms with van der Waals surface area (Å²) in [6.07, 6.45) is 7.45. The average molecular weight is 444 g/mol. The largest absolute Gasteiger partial charge is 0.331 e. The Hall–Kier alpha value is -3.38. The summed E-state index contributed by atoms with van der Waals surface area (Å²) >= 11 is 1.73. The van der Waals surface area contributed by atoms with Crippen LogP contribution in [0.3, 0.4) is 0 Å². The predicted molar refractivity (Wildman–Crippen MR) is 130 cm³/mol. The number of hydrogen-bond donors (Lipinski definition) is 0. The van der Waals surface area contributed by atoms with Gasteiger partial charge in [0, 0.05) is 59.5 Å². The van der Waals surface area contributed by atoms with Crippen molar-refractivity contribution in [3.8, 4) is 5.69 Å². The van der Waals surface area contributed by atoms with E-state index in [1.807, 2.05) is 43.5 Å². The number of para-hydroxylation sites is 1. The molecule has 1 aliphatic heterocycles. The second-order valence-corrected chi connectivity index (χ2v) is 8.90. The van der Waals surface area contributed by atoms with Crippen molar-refractivity contribution in [1.82, 2.24) is 14.5 Å². The quantitative estimate of drug-likeness (QED) is 0.516. The molecular formula is C26H25N3O2S. The van der Waals surface area contributed by atoms with Crippen molar-refractivity contribution >= 4 is 17.7 Å². The van der Waals surface area contributed by atoms with Crippen LogP contribution in [-0.4, -0.2) is 33.4 Å². The van der Waals surface area contributed by atoms with Crippen LogP contribution in [0.4, 0.5) is 0 Å². The number of fused-ring (bicyclic) bond motifs is 3. The van der Waals surface area contributed by atoms with Crippen LogP contribution >= 0.6 is 11.8 Å². The van der Waals surface area contributed by atoms with Gasteiger partial charge in [0.1, 0.15) is 5.56 Å². The van der Waals surface area contributed by atoms with Crippen LogP contribution in [0.15, 0.2) is 89.9 Å². The first-order valence-electron chi connectivity index (χ1n) is 10.5. The Labute approximate surface area is 192 Å². The zero-order valence-electron chi connectivity index (χ0n) is 18.0. The van der Waals surface area contributed by atoms with Gasteiger partial charge in [-0.25, -0.2) is 0 Å². The van der Waals surface area contributed by atoms with E-state index in [9.17, 15) is 9.59 Å². The first-order valence-corrected chi connectivity index (χ1v) is 11.4. The maximum Gasteiger partial charge on any atom is 0.260 e. The Morgan fingerprint density at radius 3 is 2.66 bits per heavy atom. The average Bonchev–Trinajstić information content (AvgIpc) is 2.96. The zero-order valence-corrected chi connectivity index (χ0v) is 18.8. The van der Waals surface area contributed by atoms with E-state index in [4.69, 9.17) is 0 Å². The Kier molecular flexibility index (Phi) is 6.42. The predicted octanol–water partition coefficient (Wildman–Crippen LogP) is 4.74. The highest BCUT2D eigenvalue weighted by molar-refractivity contribution is 7.99. The third kappa shape index (κ3) is 4.06. The summed E-state index contributed by atoms with van der Waals surface area (Å²) in [4.78, 5) is 33.8. The second-order valence-electron chi connectivity index (χ2n) is 7.66. The minimum absolute atomic E-state index is 0.0126. The van der Waals surface area contributed by atoms with E-state index in [0.29, 0.717) is 19.5 Å². The topological polar surface area (TPSA) is 55.2 Å². The number of thioether (sulfide) groups is 1. The number of aryl methyl sites for hydroxylation is 1. The fourth-order valence-electron chi connectivity index (χ4n) is 4.13. The smallest absolute Gasteiger partial charge is 0.260 e. The summed E-state index contributed by atoms with van der Waals surface area (Å²) in [6.45, 7) is 10.1. The molecule has 3 aromatic rings. The summed E-state index contributed by atoms with van der Waals surface area (Å²) in [5.74, 6) is -0.298. The number of aromatic nitrogens is 2. The van der Waals surface area contributed by atoms with Crippen molar-refractivity contribution in [2.45, 2.75) is 23.5 Å². The Morgan fingerprint density at radius 2 is 1.97 bits per heavy atom. The lowest BCUT2D eigenvalue weighted by molar-refractivity contribution is 0.0787. The number of rotatable bonds is 6. The third-order valence-electron chi connectivity index (χ3n) is 5.51. The summed E-state index contributed by atoms with van der Waals surface area (Å²) in [6, 6.07) is 13.6. The van der Waals surface area contributed by atoms with Gasteiger partial charge in [-0.2, -0.15) is 0 Å². The van der Waals surface area contributed by atoms with Gasteiger partial charge in [-0.05, 0) is 30.7 Å². The lowest BCUT2D eigenvalue weighted by atomic mass is 10.0. The van der Waals surface area contributed by atoms with E-state index in [2.05, 4.69) is 28.8 Å². The molecule has 1 unspecified atom stereocenters. The molecule has 0 fully saturated rings. The number of pyridine rings is 2. The molecule has 32 heavy (non-hydrogen) atoms. The van der Waals surface area contributed by atoms with E-state index in [0.717, 1.165) is 27.5 Å². The monoisotopic (exact) mass is 443 g/mol. The van der Waals surface area contributed by atoms with Crippen molar-refractivity contribution in [2.24, 2.45) is 0 Å².